The first kappa shape index (κ1) is 16.6. The van der Waals surface area contributed by atoms with Gasteiger partial charge >= 0.3 is 0 Å². The zero-order chi connectivity index (χ0) is 18.1. The number of fused-ring (bicyclic) bond motifs is 1. The van der Waals surface area contributed by atoms with E-state index in [1.165, 1.54) is 12.8 Å². The zero-order valence-corrected chi connectivity index (χ0v) is 15.5. The first-order chi connectivity index (χ1) is 13.4. The van der Waals surface area contributed by atoms with E-state index in [2.05, 4.69) is 36.4 Å². The topological polar surface area (TPSA) is 80.3 Å². The largest absolute Gasteiger partial charge is 0.355 e. The Kier molecular flexibility index (Phi) is 4.44. The molecule has 0 spiro atoms. The van der Waals surface area contributed by atoms with Crippen LogP contribution in [0, 0.1) is 0 Å². The van der Waals surface area contributed by atoms with Gasteiger partial charge in [0.1, 0.15) is 5.82 Å². The number of nitrogens with zero attached hydrogens (tertiary/aromatic N) is 9. The Bertz CT molecular complexity index is 874. The smallest absolute Gasteiger partial charge is 0.178 e. The fraction of sp³-hybridized carbons (Fsp3) is 0.611. The van der Waals surface area contributed by atoms with Crippen LogP contribution >= 0.6 is 0 Å². The number of hydrogen-bond donors (Lipinski definition) is 0. The van der Waals surface area contributed by atoms with Gasteiger partial charge < -0.3 is 9.80 Å². The van der Waals surface area contributed by atoms with Crippen molar-refractivity contribution in [2.45, 2.75) is 38.1 Å². The maximum absolute atomic E-state index is 4.87. The Balaban J connectivity index is 1.26. The van der Waals surface area contributed by atoms with Crippen LogP contribution in [0.5, 0.6) is 0 Å². The van der Waals surface area contributed by atoms with E-state index in [1.807, 2.05) is 21.5 Å². The average Bonchev–Trinajstić information content (AvgIpc) is 3.48. The second-order valence-electron chi connectivity index (χ2n) is 7.50. The van der Waals surface area contributed by atoms with Crippen LogP contribution in [0.3, 0.4) is 0 Å². The van der Waals surface area contributed by atoms with Crippen LogP contribution in [0.15, 0.2) is 24.5 Å². The first-order valence-electron chi connectivity index (χ1n) is 9.90. The molecule has 0 radical (unpaired) electrons. The normalized spacial score (nSPS) is 19.3. The monoisotopic (exact) mass is 367 g/mol. The molecule has 0 aliphatic carbocycles. The van der Waals surface area contributed by atoms with E-state index in [0.29, 0.717) is 5.92 Å². The van der Waals surface area contributed by atoms with Crippen molar-refractivity contribution in [3.63, 3.8) is 0 Å². The molecule has 0 amide bonds. The van der Waals surface area contributed by atoms with Crippen LogP contribution < -0.4 is 4.90 Å². The molecule has 2 aliphatic heterocycles. The van der Waals surface area contributed by atoms with Crippen molar-refractivity contribution in [1.29, 1.82) is 0 Å². The van der Waals surface area contributed by atoms with Gasteiger partial charge in [-0.15, -0.1) is 20.4 Å². The summed E-state index contributed by atoms with van der Waals surface area (Å²) in [5.74, 6) is 2.48. The van der Waals surface area contributed by atoms with E-state index in [-0.39, 0.29) is 0 Å². The predicted molar refractivity (Wildman–Crippen MR) is 101 cm³/mol. The number of piperidine rings is 1. The molecule has 0 unspecified atom stereocenters. The third-order valence-corrected chi connectivity index (χ3v) is 5.77. The van der Waals surface area contributed by atoms with E-state index in [4.69, 9.17) is 5.10 Å². The maximum atomic E-state index is 4.87. The van der Waals surface area contributed by atoms with Crippen molar-refractivity contribution in [1.82, 2.24) is 39.7 Å². The minimum atomic E-state index is 0.420. The summed E-state index contributed by atoms with van der Waals surface area (Å²) in [6.07, 6.45) is 8.33. The summed E-state index contributed by atoms with van der Waals surface area (Å²) in [7, 11) is 0. The molecule has 3 aromatic heterocycles. The molecule has 9 nitrogen and oxygen atoms in total. The molecule has 0 atom stereocenters. The SMILES string of the molecule is c1cn(CCN2CCC(c3nnc4ccc(N5CCCC5)nn34)CC2)nn1. The lowest BCUT2D eigenvalue weighted by molar-refractivity contribution is 0.199. The van der Waals surface area contributed by atoms with Crippen molar-refractivity contribution >= 4 is 11.5 Å². The second kappa shape index (κ2) is 7.22. The van der Waals surface area contributed by atoms with E-state index < -0.39 is 0 Å². The highest BCUT2D eigenvalue weighted by Gasteiger charge is 2.25. The van der Waals surface area contributed by atoms with E-state index in [1.54, 1.807) is 6.20 Å². The van der Waals surface area contributed by atoms with Crippen molar-refractivity contribution in [2.24, 2.45) is 0 Å². The molecule has 2 saturated heterocycles. The molecule has 2 aliphatic rings. The van der Waals surface area contributed by atoms with Crippen LogP contribution in [0.2, 0.25) is 0 Å². The summed E-state index contributed by atoms with van der Waals surface area (Å²) in [6.45, 7) is 6.23. The standard InChI is InChI=1S/C18H25N9/c1-2-9-25(8-1)17-4-3-16-20-21-18(27(16)22-17)15-5-10-24(11-6-15)13-14-26-12-7-19-23-26/h3-4,7,12,15H,1-2,5-6,8-11,13-14H2. The Morgan fingerprint density at radius 1 is 0.963 bits per heavy atom. The third-order valence-electron chi connectivity index (χ3n) is 5.77. The number of anilines is 1. The quantitative estimate of drug-likeness (QED) is 0.670. The van der Waals surface area contributed by atoms with E-state index in [0.717, 1.165) is 69.4 Å². The first-order valence-corrected chi connectivity index (χ1v) is 9.90. The highest BCUT2D eigenvalue weighted by atomic mass is 15.4. The predicted octanol–water partition coefficient (Wildman–Crippen LogP) is 1.20. The van der Waals surface area contributed by atoms with Crippen molar-refractivity contribution in [3.8, 4) is 0 Å². The van der Waals surface area contributed by atoms with Crippen molar-refractivity contribution < 1.29 is 0 Å². The van der Waals surface area contributed by atoms with Gasteiger partial charge in [0.05, 0.1) is 12.7 Å². The highest BCUT2D eigenvalue weighted by Crippen LogP contribution is 2.27. The van der Waals surface area contributed by atoms with Gasteiger partial charge in [-0.05, 0) is 50.9 Å². The molecular weight excluding hydrogens is 342 g/mol. The van der Waals surface area contributed by atoms with E-state index in [9.17, 15) is 0 Å². The van der Waals surface area contributed by atoms with Gasteiger partial charge in [-0.1, -0.05) is 5.21 Å². The summed E-state index contributed by atoms with van der Waals surface area (Å²) in [5, 5.41) is 21.6. The number of aromatic nitrogens is 7. The fourth-order valence-corrected chi connectivity index (χ4v) is 4.18. The zero-order valence-electron chi connectivity index (χ0n) is 15.5. The molecule has 3 aromatic rings. The van der Waals surface area contributed by atoms with Crippen molar-refractivity contribution in [2.75, 3.05) is 37.6 Å². The number of hydrogen-bond acceptors (Lipinski definition) is 7. The lowest BCUT2D eigenvalue weighted by atomic mass is 9.96. The number of likely N-dealkylation sites (tertiary alicyclic amines) is 1. The summed E-state index contributed by atoms with van der Waals surface area (Å²) >= 11 is 0. The molecule has 142 valence electrons. The molecule has 0 N–H and O–H groups in total. The van der Waals surface area contributed by atoms with Gasteiger partial charge in [0.25, 0.3) is 0 Å². The molecule has 0 saturated carbocycles. The van der Waals surface area contributed by atoms with Gasteiger partial charge in [-0.3, -0.25) is 4.68 Å². The number of rotatable bonds is 5. The summed E-state index contributed by atoms with van der Waals surface area (Å²) in [5.41, 5.74) is 0.849. The minimum absolute atomic E-state index is 0.420. The molecular formula is C18H25N9. The molecule has 0 aromatic carbocycles. The lowest BCUT2D eigenvalue weighted by Crippen LogP contribution is -2.35. The Morgan fingerprint density at radius 3 is 2.59 bits per heavy atom. The minimum Gasteiger partial charge on any atom is -0.355 e. The van der Waals surface area contributed by atoms with Gasteiger partial charge in [-0.2, -0.15) is 4.52 Å². The van der Waals surface area contributed by atoms with Crippen molar-refractivity contribution in [3.05, 3.63) is 30.4 Å². The van der Waals surface area contributed by atoms with E-state index >= 15 is 0 Å². The average molecular weight is 367 g/mol. The van der Waals surface area contributed by atoms with Crippen LogP contribution in [0.1, 0.15) is 37.4 Å². The van der Waals surface area contributed by atoms with Crippen LogP contribution in [-0.4, -0.2) is 72.4 Å². The summed E-state index contributed by atoms with van der Waals surface area (Å²) < 4.78 is 3.87. The fourth-order valence-electron chi connectivity index (χ4n) is 4.18. The van der Waals surface area contributed by atoms with Gasteiger partial charge in [0, 0.05) is 31.7 Å². The summed E-state index contributed by atoms with van der Waals surface area (Å²) in [6, 6.07) is 4.12. The Labute approximate surface area is 158 Å². The van der Waals surface area contributed by atoms with Crippen LogP contribution in [0.25, 0.3) is 5.65 Å². The maximum Gasteiger partial charge on any atom is 0.178 e. The second-order valence-corrected chi connectivity index (χ2v) is 7.50. The molecule has 0 bridgehead atoms. The molecule has 27 heavy (non-hydrogen) atoms. The van der Waals surface area contributed by atoms with Gasteiger partial charge in [-0.25, -0.2) is 0 Å². The summed E-state index contributed by atoms with van der Waals surface area (Å²) in [4.78, 5) is 4.85. The van der Waals surface area contributed by atoms with Crippen LogP contribution in [-0.2, 0) is 6.54 Å². The molecule has 9 heteroatoms. The molecule has 2 fully saturated rings. The van der Waals surface area contributed by atoms with Gasteiger partial charge in [0.15, 0.2) is 11.5 Å². The Morgan fingerprint density at radius 2 is 1.81 bits per heavy atom. The van der Waals surface area contributed by atoms with Crippen LogP contribution in [0.4, 0.5) is 5.82 Å². The third kappa shape index (κ3) is 3.39. The Hall–Kier alpha value is -2.55. The van der Waals surface area contributed by atoms with Gasteiger partial charge in [0.2, 0.25) is 0 Å². The molecule has 5 heterocycles. The lowest BCUT2D eigenvalue weighted by Gasteiger charge is -2.30. The highest BCUT2D eigenvalue weighted by molar-refractivity contribution is 5.46. The molecule has 5 rings (SSSR count).